The maximum atomic E-state index is 12.7. The van der Waals surface area contributed by atoms with Gasteiger partial charge in [-0.1, -0.05) is 23.8 Å². The average molecular weight is 365 g/mol. The van der Waals surface area contributed by atoms with Gasteiger partial charge in [-0.15, -0.1) is 0 Å². The molecule has 2 fully saturated rings. The van der Waals surface area contributed by atoms with Crippen LogP contribution in [0.4, 0.5) is 5.69 Å². The summed E-state index contributed by atoms with van der Waals surface area (Å²) >= 11 is 0. The topological polar surface area (TPSA) is 62.7 Å². The molecule has 6 heteroatoms. The van der Waals surface area contributed by atoms with Gasteiger partial charge in [0.25, 0.3) is 0 Å². The standard InChI is InChI=1S/C21H23N3O3/c1-14-6-8-17(9-7-14)24-11-16(10-20(24)25)21(26)23-12-18(13-23)27-19-5-3-4-15(2)22-19/h3-9,16,18H,10-13H2,1-2H3. The molecule has 4 rings (SSSR count). The predicted molar refractivity (Wildman–Crippen MR) is 102 cm³/mol. The van der Waals surface area contributed by atoms with Crippen LogP contribution < -0.4 is 9.64 Å². The summed E-state index contributed by atoms with van der Waals surface area (Å²) in [6.07, 6.45) is 0.238. The Morgan fingerprint density at radius 3 is 2.52 bits per heavy atom. The van der Waals surface area contributed by atoms with Gasteiger partial charge < -0.3 is 14.5 Å². The summed E-state index contributed by atoms with van der Waals surface area (Å²) in [6.45, 7) is 5.46. The lowest BCUT2D eigenvalue weighted by molar-refractivity contribution is -0.144. The molecule has 3 heterocycles. The molecule has 2 aliphatic heterocycles. The number of carbonyl (C=O) groups is 2. The number of aromatic nitrogens is 1. The fourth-order valence-corrected chi connectivity index (χ4v) is 3.55. The van der Waals surface area contributed by atoms with E-state index in [-0.39, 0.29) is 30.3 Å². The molecule has 1 aromatic heterocycles. The quantitative estimate of drug-likeness (QED) is 0.834. The molecule has 1 aromatic carbocycles. The van der Waals surface area contributed by atoms with Crippen molar-refractivity contribution in [1.29, 1.82) is 0 Å². The highest BCUT2D eigenvalue weighted by molar-refractivity contribution is 6.00. The minimum absolute atomic E-state index is 0.00878. The summed E-state index contributed by atoms with van der Waals surface area (Å²) in [4.78, 5) is 32.9. The van der Waals surface area contributed by atoms with Crippen molar-refractivity contribution in [3.63, 3.8) is 0 Å². The molecule has 0 saturated carbocycles. The third kappa shape index (κ3) is 3.65. The second-order valence-electron chi connectivity index (χ2n) is 7.34. The van der Waals surface area contributed by atoms with E-state index in [2.05, 4.69) is 4.98 Å². The van der Waals surface area contributed by atoms with E-state index in [1.54, 1.807) is 9.80 Å². The number of likely N-dealkylation sites (tertiary alicyclic amines) is 1. The summed E-state index contributed by atoms with van der Waals surface area (Å²) in [5, 5.41) is 0. The molecule has 0 spiro atoms. The molecule has 2 amide bonds. The van der Waals surface area contributed by atoms with Crippen LogP contribution in [0.5, 0.6) is 5.88 Å². The number of amides is 2. The van der Waals surface area contributed by atoms with Crippen LogP contribution in [-0.2, 0) is 9.59 Å². The number of anilines is 1. The van der Waals surface area contributed by atoms with Crippen LogP contribution in [0.2, 0.25) is 0 Å². The third-order valence-corrected chi connectivity index (χ3v) is 5.13. The molecule has 140 valence electrons. The van der Waals surface area contributed by atoms with Crippen molar-refractivity contribution >= 4 is 17.5 Å². The molecule has 0 radical (unpaired) electrons. The van der Waals surface area contributed by atoms with Gasteiger partial charge >= 0.3 is 0 Å². The van der Waals surface area contributed by atoms with E-state index in [0.29, 0.717) is 25.5 Å². The fraction of sp³-hybridized carbons (Fsp3) is 0.381. The summed E-state index contributed by atoms with van der Waals surface area (Å²) < 4.78 is 5.81. The number of aryl methyl sites for hydroxylation is 2. The number of carbonyl (C=O) groups excluding carboxylic acids is 2. The summed E-state index contributed by atoms with van der Waals surface area (Å²) in [6, 6.07) is 13.5. The molecule has 2 saturated heterocycles. The van der Waals surface area contributed by atoms with Crippen LogP contribution in [0, 0.1) is 19.8 Å². The number of hydrogen-bond donors (Lipinski definition) is 0. The number of rotatable bonds is 4. The second kappa shape index (κ2) is 7.02. The van der Waals surface area contributed by atoms with E-state index in [9.17, 15) is 9.59 Å². The first-order valence-electron chi connectivity index (χ1n) is 9.26. The van der Waals surface area contributed by atoms with E-state index in [1.165, 1.54) is 0 Å². The van der Waals surface area contributed by atoms with Gasteiger partial charge in [-0.25, -0.2) is 4.98 Å². The van der Waals surface area contributed by atoms with Gasteiger partial charge in [0.2, 0.25) is 17.7 Å². The fourth-order valence-electron chi connectivity index (χ4n) is 3.55. The van der Waals surface area contributed by atoms with Gasteiger partial charge in [0.05, 0.1) is 19.0 Å². The van der Waals surface area contributed by atoms with Crippen LogP contribution in [-0.4, -0.2) is 47.4 Å². The van der Waals surface area contributed by atoms with Crippen molar-refractivity contribution in [2.45, 2.75) is 26.4 Å². The molecule has 1 unspecified atom stereocenters. The van der Waals surface area contributed by atoms with E-state index in [4.69, 9.17) is 4.74 Å². The van der Waals surface area contributed by atoms with Crippen molar-refractivity contribution in [1.82, 2.24) is 9.88 Å². The lowest BCUT2D eigenvalue weighted by atomic mass is 10.0. The molecule has 0 aliphatic carbocycles. The number of hydrogen-bond acceptors (Lipinski definition) is 4. The molecule has 2 aliphatic rings. The zero-order valence-corrected chi connectivity index (χ0v) is 15.6. The largest absolute Gasteiger partial charge is 0.471 e. The Morgan fingerprint density at radius 2 is 1.81 bits per heavy atom. The highest BCUT2D eigenvalue weighted by atomic mass is 16.5. The van der Waals surface area contributed by atoms with Gasteiger partial charge in [-0.05, 0) is 32.0 Å². The number of nitrogens with zero attached hydrogens (tertiary/aromatic N) is 3. The minimum Gasteiger partial charge on any atom is -0.471 e. The first-order valence-corrected chi connectivity index (χ1v) is 9.26. The first-order chi connectivity index (χ1) is 13.0. The highest BCUT2D eigenvalue weighted by Gasteiger charge is 2.41. The van der Waals surface area contributed by atoms with Gasteiger partial charge in [0.1, 0.15) is 6.10 Å². The molecule has 2 aromatic rings. The smallest absolute Gasteiger partial charge is 0.228 e. The first kappa shape index (κ1) is 17.5. The monoisotopic (exact) mass is 365 g/mol. The van der Waals surface area contributed by atoms with Crippen LogP contribution in [0.1, 0.15) is 17.7 Å². The van der Waals surface area contributed by atoms with E-state index < -0.39 is 0 Å². The Labute approximate surface area is 158 Å². The minimum atomic E-state index is -0.281. The lowest BCUT2D eigenvalue weighted by Gasteiger charge is -2.39. The van der Waals surface area contributed by atoms with Crippen molar-refractivity contribution in [3.8, 4) is 5.88 Å². The van der Waals surface area contributed by atoms with Crippen molar-refractivity contribution < 1.29 is 14.3 Å². The third-order valence-electron chi connectivity index (χ3n) is 5.13. The van der Waals surface area contributed by atoms with E-state index in [1.807, 2.05) is 56.3 Å². The van der Waals surface area contributed by atoms with Crippen LogP contribution in [0.3, 0.4) is 0 Å². The normalized spacial score (nSPS) is 19.9. The Kier molecular flexibility index (Phi) is 4.56. The Hall–Kier alpha value is -2.89. The van der Waals surface area contributed by atoms with Crippen molar-refractivity contribution in [2.24, 2.45) is 5.92 Å². The van der Waals surface area contributed by atoms with E-state index in [0.717, 1.165) is 16.9 Å². The molecule has 0 N–H and O–H groups in total. The van der Waals surface area contributed by atoms with Crippen molar-refractivity contribution in [2.75, 3.05) is 24.5 Å². The van der Waals surface area contributed by atoms with Crippen LogP contribution in [0.25, 0.3) is 0 Å². The van der Waals surface area contributed by atoms with Gasteiger partial charge in [-0.2, -0.15) is 0 Å². The predicted octanol–water partition coefficient (Wildman–Crippen LogP) is 2.34. The molecule has 1 atom stereocenters. The lowest BCUT2D eigenvalue weighted by Crippen LogP contribution is -2.57. The molecule has 27 heavy (non-hydrogen) atoms. The molecule has 0 bridgehead atoms. The Morgan fingerprint density at radius 1 is 1.07 bits per heavy atom. The maximum absolute atomic E-state index is 12.7. The van der Waals surface area contributed by atoms with E-state index >= 15 is 0 Å². The van der Waals surface area contributed by atoms with Crippen LogP contribution >= 0.6 is 0 Å². The number of ether oxygens (including phenoxy) is 1. The zero-order valence-electron chi connectivity index (χ0n) is 15.6. The SMILES string of the molecule is Cc1ccc(N2CC(C(=O)N3CC(Oc4cccc(C)n4)C3)CC2=O)cc1. The highest BCUT2D eigenvalue weighted by Crippen LogP contribution is 2.28. The molecular weight excluding hydrogens is 342 g/mol. The van der Waals surface area contributed by atoms with Gasteiger partial charge in [0.15, 0.2) is 0 Å². The van der Waals surface area contributed by atoms with Crippen LogP contribution in [0.15, 0.2) is 42.5 Å². The maximum Gasteiger partial charge on any atom is 0.228 e. The molecule has 6 nitrogen and oxygen atoms in total. The summed E-state index contributed by atoms with van der Waals surface area (Å²) in [5.74, 6) is 0.357. The Bertz CT molecular complexity index is 859. The second-order valence-corrected chi connectivity index (χ2v) is 7.34. The number of pyridine rings is 1. The Balaban J connectivity index is 1.32. The summed E-state index contributed by atoms with van der Waals surface area (Å²) in [5.41, 5.74) is 2.91. The average Bonchev–Trinajstić information content (AvgIpc) is 3.00. The van der Waals surface area contributed by atoms with Gasteiger partial charge in [-0.3, -0.25) is 9.59 Å². The molecular formula is C21H23N3O3. The summed E-state index contributed by atoms with van der Waals surface area (Å²) in [7, 11) is 0. The number of benzene rings is 1. The van der Waals surface area contributed by atoms with Gasteiger partial charge in [0, 0.05) is 30.4 Å². The van der Waals surface area contributed by atoms with Crippen molar-refractivity contribution in [3.05, 3.63) is 53.7 Å². The zero-order chi connectivity index (χ0) is 19.0.